The number of thiophene rings is 1. The van der Waals surface area contributed by atoms with Gasteiger partial charge in [0, 0.05) is 12.0 Å². The highest BCUT2D eigenvalue weighted by molar-refractivity contribution is 7.14. The molecule has 5 heteroatoms. The van der Waals surface area contributed by atoms with Gasteiger partial charge in [-0.1, -0.05) is 0 Å². The molecule has 3 heterocycles. The maximum Gasteiger partial charge on any atom is 0.199 e. The van der Waals surface area contributed by atoms with Crippen molar-refractivity contribution in [3.05, 3.63) is 34.3 Å². The van der Waals surface area contributed by atoms with Crippen LogP contribution >= 0.6 is 11.3 Å². The molecule has 1 unspecified atom stereocenters. The Labute approximate surface area is 134 Å². The second-order valence-electron chi connectivity index (χ2n) is 5.47. The Kier molecular flexibility index (Phi) is 4.55. The van der Waals surface area contributed by atoms with Crippen molar-refractivity contribution in [2.24, 2.45) is 0 Å². The lowest BCUT2D eigenvalue weighted by atomic mass is 10.1. The fourth-order valence-corrected chi connectivity index (χ4v) is 3.50. The first-order chi connectivity index (χ1) is 10.7. The van der Waals surface area contributed by atoms with Gasteiger partial charge in [-0.2, -0.15) is 0 Å². The number of aromatic nitrogens is 1. The first-order valence-corrected chi connectivity index (χ1v) is 8.36. The molecule has 1 aliphatic rings. The highest BCUT2D eigenvalue weighted by atomic mass is 32.1. The molecular formula is C17H19NO3S. The van der Waals surface area contributed by atoms with Gasteiger partial charge in [0.2, 0.25) is 0 Å². The van der Waals surface area contributed by atoms with Crippen molar-refractivity contribution < 1.29 is 14.3 Å². The molecule has 2 aromatic rings. The van der Waals surface area contributed by atoms with Crippen LogP contribution < -0.4 is 4.74 Å². The minimum atomic E-state index is -0.174. The van der Waals surface area contributed by atoms with Crippen molar-refractivity contribution in [3.63, 3.8) is 0 Å². The third-order valence-electron chi connectivity index (χ3n) is 3.79. The second-order valence-corrected chi connectivity index (χ2v) is 6.39. The summed E-state index contributed by atoms with van der Waals surface area (Å²) in [6.45, 7) is 4.67. The predicted molar refractivity (Wildman–Crippen MR) is 86.6 cm³/mol. The highest BCUT2D eigenvalue weighted by Gasteiger charge is 2.19. The molecule has 1 aliphatic heterocycles. The summed E-state index contributed by atoms with van der Waals surface area (Å²) in [6.07, 6.45) is 3.85. The fraction of sp³-hybridized carbons (Fsp3) is 0.412. The Morgan fingerprint density at radius 2 is 2.27 bits per heavy atom. The molecule has 0 aromatic carbocycles. The van der Waals surface area contributed by atoms with Gasteiger partial charge >= 0.3 is 0 Å². The van der Waals surface area contributed by atoms with Gasteiger partial charge in [0.05, 0.1) is 22.9 Å². The van der Waals surface area contributed by atoms with Crippen LogP contribution in [0.3, 0.4) is 0 Å². The molecule has 1 atom stereocenters. The average molecular weight is 317 g/mol. The van der Waals surface area contributed by atoms with Crippen molar-refractivity contribution in [2.75, 3.05) is 6.61 Å². The first kappa shape index (κ1) is 15.2. The maximum absolute atomic E-state index is 11.1. The van der Waals surface area contributed by atoms with E-state index in [-0.39, 0.29) is 6.29 Å². The van der Waals surface area contributed by atoms with E-state index in [1.807, 2.05) is 31.4 Å². The van der Waals surface area contributed by atoms with Crippen LogP contribution in [-0.4, -0.2) is 24.2 Å². The Balaban J connectivity index is 1.89. The lowest BCUT2D eigenvalue weighted by molar-refractivity contribution is -0.106. The molecule has 1 fully saturated rings. The number of rotatable bonds is 4. The third-order valence-corrected chi connectivity index (χ3v) is 4.73. The number of aryl methyl sites for hydroxylation is 2. The first-order valence-electron chi connectivity index (χ1n) is 7.48. The van der Waals surface area contributed by atoms with E-state index in [0.29, 0.717) is 5.56 Å². The van der Waals surface area contributed by atoms with Crippen LogP contribution in [-0.2, 0) is 4.74 Å². The lowest BCUT2D eigenvalue weighted by Crippen LogP contribution is -2.25. The molecular weight excluding hydrogens is 298 g/mol. The molecule has 1 saturated heterocycles. The van der Waals surface area contributed by atoms with Crippen LogP contribution in [0.1, 0.15) is 40.9 Å². The minimum Gasteiger partial charge on any atom is -0.463 e. The monoisotopic (exact) mass is 317 g/mol. The topological polar surface area (TPSA) is 48.4 Å². The molecule has 0 saturated carbocycles. The Hall–Kier alpha value is -1.72. The second kappa shape index (κ2) is 6.58. The van der Waals surface area contributed by atoms with Crippen molar-refractivity contribution in [2.45, 2.75) is 39.4 Å². The Bertz CT molecular complexity index is 675. The van der Waals surface area contributed by atoms with E-state index in [1.54, 1.807) is 0 Å². The zero-order chi connectivity index (χ0) is 15.5. The molecule has 22 heavy (non-hydrogen) atoms. The van der Waals surface area contributed by atoms with Gasteiger partial charge in [-0.05, 0) is 49.8 Å². The van der Waals surface area contributed by atoms with Gasteiger partial charge in [0.15, 0.2) is 12.6 Å². The van der Waals surface area contributed by atoms with Crippen molar-refractivity contribution in [3.8, 4) is 16.3 Å². The summed E-state index contributed by atoms with van der Waals surface area (Å²) in [5, 5.41) is 1.91. The normalized spacial score (nSPS) is 18.2. The van der Waals surface area contributed by atoms with E-state index >= 15 is 0 Å². The summed E-state index contributed by atoms with van der Waals surface area (Å²) in [4.78, 5) is 16.7. The molecule has 0 bridgehead atoms. The molecule has 4 nitrogen and oxygen atoms in total. The molecule has 0 N–H and O–H groups in total. The van der Waals surface area contributed by atoms with E-state index < -0.39 is 0 Å². The van der Waals surface area contributed by atoms with E-state index in [9.17, 15) is 4.79 Å². The van der Waals surface area contributed by atoms with Crippen LogP contribution in [0.2, 0.25) is 0 Å². The number of carbonyl (C=O) groups excluding carboxylic acids is 1. The standard InChI is InChI=1S/C17H19NO3S/c1-11-9-14(21-15-5-3-4-7-20-15)12(2)18-16(11)17-13(10-19)6-8-22-17/h6,8-10,15H,3-5,7H2,1-2H3. The summed E-state index contributed by atoms with van der Waals surface area (Å²) < 4.78 is 11.6. The number of carbonyl (C=O) groups is 1. The number of pyridine rings is 1. The number of aldehydes is 1. The fourth-order valence-electron chi connectivity index (χ4n) is 2.58. The highest BCUT2D eigenvalue weighted by Crippen LogP contribution is 2.33. The molecule has 116 valence electrons. The van der Waals surface area contributed by atoms with Gasteiger partial charge in [-0.3, -0.25) is 4.79 Å². The van der Waals surface area contributed by atoms with Gasteiger partial charge in [0.1, 0.15) is 5.75 Å². The lowest BCUT2D eigenvalue weighted by Gasteiger charge is -2.24. The molecule has 2 aromatic heterocycles. The maximum atomic E-state index is 11.1. The van der Waals surface area contributed by atoms with E-state index in [1.165, 1.54) is 11.3 Å². The predicted octanol–water partition coefficient (Wildman–Crippen LogP) is 4.14. The smallest absolute Gasteiger partial charge is 0.199 e. The van der Waals surface area contributed by atoms with Crippen molar-refractivity contribution in [1.29, 1.82) is 0 Å². The molecule has 0 amide bonds. The van der Waals surface area contributed by atoms with E-state index in [0.717, 1.165) is 59.7 Å². The van der Waals surface area contributed by atoms with Gasteiger partial charge in [-0.15, -0.1) is 11.3 Å². The summed E-state index contributed by atoms with van der Waals surface area (Å²) in [5.41, 5.74) is 3.36. The van der Waals surface area contributed by atoms with Crippen LogP contribution in [0.25, 0.3) is 10.6 Å². The molecule has 0 spiro atoms. The van der Waals surface area contributed by atoms with Gasteiger partial charge in [0.25, 0.3) is 0 Å². The van der Waals surface area contributed by atoms with Crippen LogP contribution in [0.15, 0.2) is 17.5 Å². The summed E-state index contributed by atoms with van der Waals surface area (Å²) in [7, 11) is 0. The van der Waals surface area contributed by atoms with Crippen LogP contribution in [0.4, 0.5) is 0 Å². The van der Waals surface area contributed by atoms with Crippen molar-refractivity contribution in [1.82, 2.24) is 4.98 Å². The number of hydrogen-bond donors (Lipinski definition) is 0. The Morgan fingerprint density at radius 3 is 3.00 bits per heavy atom. The summed E-state index contributed by atoms with van der Waals surface area (Å²) >= 11 is 1.53. The quantitative estimate of drug-likeness (QED) is 0.795. The Morgan fingerprint density at radius 1 is 1.41 bits per heavy atom. The largest absolute Gasteiger partial charge is 0.463 e. The van der Waals surface area contributed by atoms with Gasteiger partial charge < -0.3 is 9.47 Å². The number of ether oxygens (including phenoxy) is 2. The van der Waals surface area contributed by atoms with Crippen molar-refractivity contribution >= 4 is 17.6 Å². The SMILES string of the molecule is Cc1cc(OC2CCCCO2)c(C)nc1-c1sccc1C=O. The van der Waals surface area contributed by atoms with E-state index in [2.05, 4.69) is 4.98 Å². The molecule has 0 radical (unpaired) electrons. The average Bonchev–Trinajstić information content (AvgIpc) is 3.00. The molecule has 3 rings (SSSR count). The molecule has 0 aliphatic carbocycles. The minimum absolute atomic E-state index is 0.174. The number of hydrogen-bond acceptors (Lipinski definition) is 5. The summed E-state index contributed by atoms with van der Waals surface area (Å²) in [5.74, 6) is 0.761. The summed E-state index contributed by atoms with van der Waals surface area (Å²) in [6, 6.07) is 3.81. The zero-order valence-electron chi connectivity index (χ0n) is 12.8. The van der Waals surface area contributed by atoms with Crippen LogP contribution in [0.5, 0.6) is 5.75 Å². The van der Waals surface area contributed by atoms with Crippen LogP contribution in [0, 0.1) is 13.8 Å². The zero-order valence-corrected chi connectivity index (χ0v) is 13.6. The van der Waals surface area contributed by atoms with E-state index in [4.69, 9.17) is 9.47 Å². The third kappa shape index (κ3) is 3.05. The number of nitrogens with zero attached hydrogens (tertiary/aromatic N) is 1. The van der Waals surface area contributed by atoms with Gasteiger partial charge in [-0.25, -0.2) is 4.98 Å².